The number of pyridine rings is 1. The van der Waals surface area contributed by atoms with Crippen LogP contribution in [0.15, 0.2) is 42.6 Å². The van der Waals surface area contributed by atoms with E-state index in [1.165, 1.54) is 30.5 Å². The minimum absolute atomic E-state index is 0.0462. The lowest BCUT2D eigenvalue weighted by Gasteiger charge is -2.08. The Morgan fingerprint density at radius 3 is 2.80 bits per heavy atom. The van der Waals surface area contributed by atoms with Crippen molar-refractivity contribution in [1.29, 1.82) is 0 Å². The van der Waals surface area contributed by atoms with Crippen molar-refractivity contribution in [3.05, 3.63) is 53.3 Å². The third kappa shape index (κ3) is 3.64. The van der Waals surface area contributed by atoms with Crippen molar-refractivity contribution in [2.75, 3.05) is 5.32 Å². The molecule has 0 atom stereocenters. The van der Waals surface area contributed by atoms with E-state index in [0.717, 1.165) is 0 Å². The van der Waals surface area contributed by atoms with Gasteiger partial charge in [-0.3, -0.25) is 4.79 Å². The van der Waals surface area contributed by atoms with E-state index < -0.39 is 12.5 Å². The molecule has 1 N–H and O–H groups in total. The summed E-state index contributed by atoms with van der Waals surface area (Å²) in [6.45, 7) is -2.92. The van der Waals surface area contributed by atoms with Crippen molar-refractivity contribution < 1.29 is 18.3 Å². The fourth-order valence-electron chi connectivity index (χ4n) is 1.50. The first-order valence-corrected chi connectivity index (χ1v) is 5.91. The average molecular weight is 299 g/mol. The van der Waals surface area contributed by atoms with E-state index >= 15 is 0 Å². The van der Waals surface area contributed by atoms with Crippen LogP contribution < -0.4 is 10.1 Å². The maximum absolute atomic E-state index is 12.1. The number of ether oxygens (including phenoxy) is 1. The van der Waals surface area contributed by atoms with Gasteiger partial charge < -0.3 is 10.1 Å². The number of nitrogens with one attached hydrogen (secondary N) is 1. The van der Waals surface area contributed by atoms with Crippen LogP contribution in [0.2, 0.25) is 5.15 Å². The minimum Gasteiger partial charge on any atom is -0.435 e. The van der Waals surface area contributed by atoms with E-state index in [9.17, 15) is 13.6 Å². The number of carbonyl (C=O) groups excluding carboxylic acids is 1. The van der Waals surface area contributed by atoms with Gasteiger partial charge in [-0.05, 0) is 24.3 Å². The zero-order valence-electron chi connectivity index (χ0n) is 10.0. The second-order valence-corrected chi connectivity index (χ2v) is 4.06. The van der Waals surface area contributed by atoms with Crippen LogP contribution in [0.1, 0.15) is 10.4 Å². The highest BCUT2D eigenvalue weighted by molar-refractivity contribution is 6.33. The molecule has 0 spiro atoms. The number of hydrogen-bond donors (Lipinski definition) is 1. The number of halogens is 3. The van der Waals surface area contributed by atoms with E-state index in [2.05, 4.69) is 15.0 Å². The fourth-order valence-corrected chi connectivity index (χ4v) is 1.71. The maximum Gasteiger partial charge on any atom is 0.387 e. The molecule has 0 aliphatic rings. The van der Waals surface area contributed by atoms with Crippen molar-refractivity contribution in [3.63, 3.8) is 0 Å². The van der Waals surface area contributed by atoms with Gasteiger partial charge in [-0.25, -0.2) is 4.98 Å². The Morgan fingerprint density at radius 2 is 2.10 bits per heavy atom. The Morgan fingerprint density at radius 1 is 1.30 bits per heavy atom. The van der Waals surface area contributed by atoms with Crippen LogP contribution in [0.4, 0.5) is 14.5 Å². The van der Waals surface area contributed by atoms with Crippen molar-refractivity contribution in [2.45, 2.75) is 6.61 Å². The van der Waals surface area contributed by atoms with Gasteiger partial charge in [0.25, 0.3) is 5.91 Å². The molecule has 0 bridgehead atoms. The number of alkyl halides is 2. The highest BCUT2D eigenvalue weighted by Crippen LogP contribution is 2.20. The monoisotopic (exact) mass is 298 g/mol. The molecule has 0 unspecified atom stereocenters. The molecule has 20 heavy (non-hydrogen) atoms. The van der Waals surface area contributed by atoms with Gasteiger partial charge in [0.15, 0.2) is 0 Å². The lowest BCUT2D eigenvalue weighted by atomic mass is 10.2. The summed E-state index contributed by atoms with van der Waals surface area (Å²) >= 11 is 5.79. The molecule has 1 heterocycles. The van der Waals surface area contributed by atoms with E-state index in [1.54, 1.807) is 12.1 Å². The largest absolute Gasteiger partial charge is 0.435 e. The third-order valence-corrected chi connectivity index (χ3v) is 2.62. The number of benzene rings is 1. The predicted molar refractivity (Wildman–Crippen MR) is 70.3 cm³/mol. The predicted octanol–water partition coefficient (Wildman–Crippen LogP) is 3.59. The molecule has 2 aromatic rings. The van der Waals surface area contributed by atoms with Gasteiger partial charge in [0.2, 0.25) is 0 Å². The number of rotatable bonds is 4. The number of amides is 1. The van der Waals surface area contributed by atoms with E-state index in [-0.39, 0.29) is 16.5 Å². The fraction of sp³-hybridized carbons (Fsp3) is 0.0769. The molecule has 0 radical (unpaired) electrons. The van der Waals surface area contributed by atoms with E-state index in [4.69, 9.17) is 11.6 Å². The number of nitrogens with zero attached hydrogens (tertiary/aromatic N) is 1. The Bertz CT molecular complexity index is 623. The Hall–Kier alpha value is -2.21. The minimum atomic E-state index is -2.92. The summed E-state index contributed by atoms with van der Waals surface area (Å²) in [5, 5.41) is 2.58. The molecule has 104 valence electrons. The smallest absolute Gasteiger partial charge is 0.387 e. The van der Waals surface area contributed by atoms with Crippen LogP contribution in [0.3, 0.4) is 0 Å². The zero-order chi connectivity index (χ0) is 14.5. The number of anilines is 1. The summed E-state index contributed by atoms with van der Waals surface area (Å²) in [6, 6.07) is 8.74. The molecule has 1 amide bonds. The zero-order valence-corrected chi connectivity index (χ0v) is 10.8. The Kier molecular flexibility index (Phi) is 4.47. The van der Waals surface area contributed by atoms with Crippen LogP contribution in [0.25, 0.3) is 0 Å². The average Bonchev–Trinajstić information content (AvgIpc) is 2.38. The SMILES string of the molecule is O=C(Nc1cccc(OC(F)F)c1)c1cccnc1Cl. The van der Waals surface area contributed by atoms with Gasteiger partial charge >= 0.3 is 6.61 Å². The quantitative estimate of drug-likeness (QED) is 0.878. The first-order valence-electron chi connectivity index (χ1n) is 5.53. The second kappa shape index (κ2) is 6.29. The van der Waals surface area contributed by atoms with Crippen molar-refractivity contribution in [2.24, 2.45) is 0 Å². The normalized spacial score (nSPS) is 10.4. The van der Waals surface area contributed by atoms with Crippen molar-refractivity contribution in [3.8, 4) is 5.75 Å². The van der Waals surface area contributed by atoms with Crippen LogP contribution in [0.5, 0.6) is 5.75 Å². The molecule has 1 aromatic heterocycles. The number of hydrogen-bond acceptors (Lipinski definition) is 3. The van der Waals surface area contributed by atoms with E-state index in [1.807, 2.05) is 0 Å². The molecule has 0 saturated carbocycles. The Balaban J connectivity index is 2.14. The summed E-state index contributed by atoms with van der Waals surface area (Å²) in [4.78, 5) is 15.7. The molecule has 0 saturated heterocycles. The topological polar surface area (TPSA) is 51.2 Å². The lowest BCUT2D eigenvalue weighted by Crippen LogP contribution is -2.13. The highest BCUT2D eigenvalue weighted by Gasteiger charge is 2.11. The lowest BCUT2D eigenvalue weighted by molar-refractivity contribution is -0.0497. The first-order chi connectivity index (χ1) is 9.56. The molecule has 0 aliphatic carbocycles. The molecule has 1 aromatic carbocycles. The molecule has 2 rings (SSSR count). The van der Waals surface area contributed by atoms with Crippen LogP contribution >= 0.6 is 11.6 Å². The summed E-state index contributed by atoms with van der Waals surface area (Å²) in [7, 11) is 0. The van der Waals surface area contributed by atoms with Gasteiger partial charge in [0.05, 0.1) is 5.56 Å². The van der Waals surface area contributed by atoms with Crippen molar-refractivity contribution >= 4 is 23.2 Å². The third-order valence-electron chi connectivity index (χ3n) is 2.32. The van der Waals surface area contributed by atoms with Gasteiger partial charge in [-0.15, -0.1) is 0 Å². The standard InChI is InChI=1S/C13H9ClF2N2O2/c14-11-10(5-2-6-17-11)12(19)18-8-3-1-4-9(7-8)20-13(15)16/h1-7,13H,(H,18,19). The maximum atomic E-state index is 12.1. The first kappa shape index (κ1) is 14.2. The highest BCUT2D eigenvalue weighted by atomic mass is 35.5. The molecule has 4 nitrogen and oxygen atoms in total. The van der Waals surface area contributed by atoms with Crippen molar-refractivity contribution in [1.82, 2.24) is 4.98 Å². The summed E-state index contributed by atoms with van der Waals surface area (Å²) < 4.78 is 28.4. The number of aromatic nitrogens is 1. The van der Waals surface area contributed by atoms with Crippen LogP contribution in [-0.2, 0) is 0 Å². The van der Waals surface area contributed by atoms with Gasteiger partial charge in [-0.1, -0.05) is 17.7 Å². The van der Waals surface area contributed by atoms with Gasteiger partial charge in [0, 0.05) is 18.0 Å². The summed E-state index contributed by atoms with van der Waals surface area (Å²) in [6.07, 6.45) is 1.45. The molecule has 7 heteroatoms. The molecular weight excluding hydrogens is 290 g/mol. The molecule has 0 aliphatic heterocycles. The van der Waals surface area contributed by atoms with Crippen LogP contribution in [-0.4, -0.2) is 17.5 Å². The van der Waals surface area contributed by atoms with Gasteiger partial charge in [0.1, 0.15) is 10.9 Å². The van der Waals surface area contributed by atoms with E-state index in [0.29, 0.717) is 5.69 Å². The summed E-state index contributed by atoms with van der Waals surface area (Å²) in [5.41, 5.74) is 0.502. The Labute approximate surface area is 118 Å². The number of carbonyl (C=O) groups is 1. The second-order valence-electron chi connectivity index (χ2n) is 3.70. The van der Waals surface area contributed by atoms with Gasteiger partial charge in [-0.2, -0.15) is 8.78 Å². The molecule has 0 fully saturated rings. The molecular formula is C13H9ClF2N2O2. The summed E-state index contributed by atoms with van der Waals surface area (Å²) in [5.74, 6) is -0.535. The van der Waals surface area contributed by atoms with Crippen LogP contribution in [0, 0.1) is 0 Å².